The fraction of sp³-hybridized carbons (Fsp3) is 0.889. The lowest BCUT2D eigenvalue weighted by molar-refractivity contribution is -0.867. The molecule has 0 radical (unpaired) electrons. The van der Waals surface area contributed by atoms with E-state index in [-0.39, 0.29) is 12.4 Å². The zero-order chi connectivity index (χ0) is 9.61. The highest BCUT2D eigenvalue weighted by Gasteiger charge is 2.08. The molecule has 0 spiro atoms. The van der Waals surface area contributed by atoms with Crippen molar-refractivity contribution in [2.24, 2.45) is 0 Å². The Hall–Kier alpha value is 0.270. The van der Waals surface area contributed by atoms with Crippen molar-refractivity contribution >= 4 is 16.9 Å². The summed E-state index contributed by atoms with van der Waals surface area (Å²) in [5.41, 5.74) is 0. The summed E-state index contributed by atoms with van der Waals surface area (Å²) in [7, 11) is 6.43. The van der Waals surface area contributed by atoms with Crippen molar-refractivity contribution in [1.29, 1.82) is 0 Å². The van der Waals surface area contributed by atoms with Crippen LogP contribution >= 0.6 is 11.8 Å². The van der Waals surface area contributed by atoms with E-state index in [1.165, 1.54) is 11.8 Å². The van der Waals surface area contributed by atoms with Gasteiger partial charge in [0.05, 0.1) is 33.4 Å². The zero-order valence-corrected chi connectivity index (χ0v) is 10.5. The van der Waals surface area contributed by atoms with Crippen LogP contribution in [0.4, 0.5) is 0 Å². The number of thioether (sulfide) groups is 1. The maximum absolute atomic E-state index is 11.1. The molecule has 0 unspecified atom stereocenters. The largest absolute Gasteiger partial charge is 1.00 e. The minimum absolute atomic E-state index is 0. The number of hydrogen-bond donors (Lipinski definition) is 0. The van der Waals surface area contributed by atoms with Crippen LogP contribution < -0.4 is 12.4 Å². The first-order valence-corrected chi connectivity index (χ1v) is 5.40. The first-order chi connectivity index (χ1) is 5.45. The van der Waals surface area contributed by atoms with Crippen molar-refractivity contribution in [1.82, 2.24) is 0 Å². The molecule has 0 bridgehead atoms. The molecule has 0 amide bonds. The van der Waals surface area contributed by atoms with Gasteiger partial charge in [0.25, 0.3) is 0 Å². The second kappa shape index (κ2) is 7.65. The van der Waals surface area contributed by atoms with Gasteiger partial charge in [0.15, 0.2) is 5.12 Å². The average molecular weight is 226 g/mol. The molecule has 80 valence electrons. The van der Waals surface area contributed by atoms with Gasteiger partial charge in [0.2, 0.25) is 0 Å². The highest BCUT2D eigenvalue weighted by atomic mass is 35.5. The zero-order valence-electron chi connectivity index (χ0n) is 8.97. The Morgan fingerprint density at radius 1 is 1.31 bits per heavy atom. The summed E-state index contributed by atoms with van der Waals surface area (Å²) in [5, 5.41) is 0.339. The lowest BCUT2D eigenvalue weighted by Crippen LogP contribution is -3.00. The van der Waals surface area contributed by atoms with E-state index in [1.807, 2.05) is 6.92 Å². The monoisotopic (exact) mass is 225 g/mol. The third kappa shape index (κ3) is 12.3. The summed E-state index contributed by atoms with van der Waals surface area (Å²) in [4.78, 5) is 11.1. The van der Waals surface area contributed by atoms with Gasteiger partial charge < -0.3 is 16.9 Å². The van der Waals surface area contributed by atoms with Gasteiger partial charge in [-0.2, -0.15) is 0 Å². The van der Waals surface area contributed by atoms with E-state index in [1.54, 1.807) is 0 Å². The molecule has 0 atom stereocenters. The Balaban J connectivity index is 0. The van der Waals surface area contributed by atoms with E-state index in [2.05, 4.69) is 21.1 Å². The molecule has 0 rings (SSSR count). The summed E-state index contributed by atoms with van der Waals surface area (Å²) in [6, 6.07) is 0. The maximum Gasteiger partial charge on any atom is 0.189 e. The number of carbonyl (C=O) groups excluding carboxylic acids is 1. The molecule has 0 aromatic rings. The Labute approximate surface area is 92.1 Å². The van der Waals surface area contributed by atoms with E-state index in [0.717, 1.165) is 29.6 Å². The molecule has 0 heterocycles. The fourth-order valence-electron chi connectivity index (χ4n) is 0.710. The van der Waals surface area contributed by atoms with Gasteiger partial charge in [-0.05, 0) is 6.42 Å². The van der Waals surface area contributed by atoms with E-state index in [0.29, 0.717) is 5.12 Å². The molecule has 0 fully saturated rings. The van der Waals surface area contributed by atoms with E-state index >= 15 is 0 Å². The lowest BCUT2D eigenvalue weighted by Gasteiger charge is -2.23. The maximum atomic E-state index is 11.1. The number of carbonyl (C=O) groups is 1. The molecule has 0 aliphatic carbocycles. The normalized spacial score (nSPS) is 10.8. The minimum atomic E-state index is 0. The van der Waals surface area contributed by atoms with Crippen LogP contribution in [0.5, 0.6) is 0 Å². The Morgan fingerprint density at radius 3 is 2.23 bits per heavy atom. The number of quaternary nitrogens is 1. The lowest BCUT2D eigenvalue weighted by atomic mass is 10.4. The van der Waals surface area contributed by atoms with Crippen molar-refractivity contribution in [2.45, 2.75) is 19.8 Å². The predicted octanol–water partition coefficient (Wildman–Crippen LogP) is -1.24. The molecule has 4 heteroatoms. The van der Waals surface area contributed by atoms with Gasteiger partial charge in [-0.3, -0.25) is 4.79 Å². The summed E-state index contributed by atoms with van der Waals surface area (Å²) in [6.07, 6.45) is 1.69. The van der Waals surface area contributed by atoms with Crippen LogP contribution in [0.1, 0.15) is 19.8 Å². The minimum Gasteiger partial charge on any atom is -1.00 e. The van der Waals surface area contributed by atoms with Crippen LogP contribution in [-0.4, -0.2) is 43.0 Å². The van der Waals surface area contributed by atoms with Gasteiger partial charge in [-0.1, -0.05) is 18.7 Å². The highest BCUT2D eigenvalue weighted by molar-refractivity contribution is 8.13. The molecule has 0 aliphatic rings. The standard InChI is InChI=1S/C9H20NOS.ClH/c1-5-6-9(11)12-8-7-10(2,3)4;/h5-8H2,1-4H3;1H/q+1;/p-1. The SMILES string of the molecule is CCCC(=O)SCC[N+](C)(C)C.[Cl-]. The van der Waals surface area contributed by atoms with E-state index < -0.39 is 0 Å². The molecule has 13 heavy (non-hydrogen) atoms. The molecule has 0 aromatic carbocycles. The van der Waals surface area contributed by atoms with Gasteiger partial charge >= 0.3 is 0 Å². The Morgan fingerprint density at radius 2 is 1.85 bits per heavy atom. The van der Waals surface area contributed by atoms with Crippen molar-refractivity contribution in [2.75, 3.05) is 33.4 Å². The van der Waals surface area contributed by atoms with Gasteiger partial charge in [0.1, 0.15) is 0 Å². The van der Waals surface area contributed by atoms with E-state index in [9.17, 15) is 4.79 Å². The van der Waals surface area contributed by atoms with E-state index in [4.69, 9.17) is 0 Å². The average Bonchev–Trinajstić information content (AvgIpc) is 1.84. The molecule has 0 saturated heterocycles. The Bertz CT molecular complexity index is 145. The highest BCUT2D eigenvalue weighted by Crippen LogP contribution is 2.08. The second-order valence-electron chi connectivity index (χ2n) is 3.98. The molecule has 0 aliphatic heterocycles. The van der Waals surface area contributed by atoms with Gasteiger partial charge in [-0.15, -0.1) is 0 Å². The van der Waals surface area contributed by atoms with Crippen LogP contribution in [-0.2, 0) is 4.79 Å². The first-order valence-electron chi connectivity index (χ1n) is 4.42. The third-order valence-corrected chi connectivity index (χ3v) is 2.39. The summed E-state index contributed by atoms with van der Waals surface area (Å²) in [6.45, 7) is 3.10. The molecule has 0 aromatic heterocycles. The number of nitrogens with zero attached hydrogens (tertiary/aromatic N) is 1. The molecule has 2 nitrogen and oxygen atoms in total. The third-order valence-electron chi connectivity index (χ3n) is 1.48. The van der Waals surface area contributed by atoms with Crippen LogP contribution in [0.2, 0.25) is 0 Å². The van der Waals surface area contributed by atoms with Crippen LogP contribution in [0, 0.1) is 0 Å². The molecule has 0 N–H and O–H groups in total. The van der Waals surface area contributed by atoms with Crippen molar-refractivity contribution < 1.29 is 21.7 Å². The number of rotatable bonds is 5. The van der Waals surface area contributed by atoms with Crippen LogP contribution in [0.3, 0.4) is 0 Å². The van der Waals surface area contributed by atoms with Crippen LogP contribution in [0.15, 0.2) is 0 Å². The molecular weight excluding hydrogens is 206 g/mol. The van der Waals surface area contributed by atoms with Crippen molar-refractivity contribution in [3.63, 3.8) is 0 Å². The quantitative estimate of drug-likeness (QED) is 0.545. The topological polar surface area (TPSA) is 17.1 Å². The van der Waals surface area contributed by atoms with Crippen LogP contribution in [0.25, 0.3) is 0 Å². The van der Waals surface area contributed by atoms with Gasteiger partial charge in [-0.25, -0.2) is 0 Å². The number of hydrogen-bond acceptors (Lipinski definition) is 2. The molecule has 0 saturated carbocycles. The van der Waals surface area contributed by atoms with Crippen molar-refractivity contribution in [3.05, 3.63) is 0 Å². The smallest absolute Gasteiger partial charge is 0.189 e. The molecular formula is C9H20ClNOS. The van der Waals surface area contributed by atoms with Gasteiger partial charge in [0, 0.05) is 6.42 Å². The first kappa shape index (κ1) is 15.7. The summed E-state index contributed by atoms with van der Waals surface area (Å²) in [5.74, 6) is 0.947. The Kier molecular flexibility index (Phi) is 9.26. The van der Waals surface area contributed by atoms with Crippen molar-refractivity contribution in [3.8, 4) is 0 Å². The predicted molar refractivity (Wildman–Crippen MR) is 55.3 cm³/mol. The second-order valence-corrected chi connectivity index (χ2v) is 5.14. The fourth-order valence-corrected chi connectivity index (χ4v) is 1.92. The summed E-state index contributed by atoms with van der Waals surface area (Å²) >= 11 is 1.47. The number of halogens is 1. The summed E-state index contributed by atoms with van der Waals surface area (Å²) < 4.78 is 0.937.